The molecule has 8 nitrogen and oxygen atoms in total. The van der Waals surface area contributed by atoms with Crippen LogP contribution in [0.25, 0.3) is 0 Å². The van der Waals surface area contributed by atoms with E-state index in [2.05, 4.69) is 20.3 Å². The van der Waals surface area contributed by atoms with E-state index in [4.69, 9.17) is 11.6 Å². The van der Waals surface area contributed by atoms with Gasteiger partial charge >= 0.3 is 0 Å². The van der Waals surface area contributed by atoms with Crippen LogP contribution in [0.3, 0.4) is 0 Å². The topological polar surface area (TPSA) is 132 Å². The van der Waals surface area contributed by atoms with E-state index in [9.17, 15) is 13.2 Å². The molecule has 2 aromatic rings. The predicted molar refractivity (Wildman–Crippen MR) is 102 cm³/mol. The lowest BCUT2D eigenvalue weighted by Gasteiger charge is -2.18. The van der Waals surface area contributed by atoms with Gasteiger partial charge in [-0.3, -0.25) is 9.52 Å². The number of carbonyl (C=O) groups excluding carboxylic acids is 1. The van der Waals surface area contributed by atoms with Gasteiger partial charge in [0.2, 0.25) is 5.91 Å². The summed E-state index contributed by atoms with van der Waals surface area (Å²) in [5, 5.41) is 5.95. The van der Waals surface area contributed by atoms with Crippen molar-refractivity contribution >= 4 is 49.7 Å². The Kier molecular flexibility index (Phi) is 6.58. The Bertz CT molecular complexity index is 914. The van der Waals surface area contributed by atoms with Crippen molar-refractivity contribution in [1.82, 2.24) is 10.3 Å². The molecule has 0 saturated carbocycles. The van der Waals surface area contributed by atoms with E-state index in [0.717, 1.165) is 36.4 Å². The van der Waals surface area contributed by atoms with Crippen LogP contribution in [0.1, 0.15) is 16.8 Å². The van der Waals surface area contributed by atoms with E-state index >= 15 is 0 Å². The highest BCUT2D eigenvalue weighted by atomic mass is 35.5. The number of nitrogens with zero attached hydrogens (tertiary/aromatic N) is 1. The average Bonchev–Trinajstić information content (AvgIpc) is 2.95. The number of anilines is 2. The Balaban J connectivity index is 0.00000243. The van der Waals surface area contributed by atoms with Gasteiger partial charge in [-0.15, -0.1) is 11.6 Å². The first-order valence-electron chi connectivity index (χ1n) is 7.57. The van der Waals surface area contributed by atoms with E-state index in [1.54, 1.807) is 13.0 Å². The largest absolute Gasteiger partial charge is 0.412 e. The molecule has 1 aliphatic heterocycles. The third kappa shape index (κ3) is 4.51. The molecule has 0 unspecified atom stereocenters. The lowest BCUT2D eigenvalue weighted by atomic mass is 10.0. The van der Waals surface area contributed by atoms with Crippen molar-refractivity contribution in [3.05, 3.63) is 35.0 Å². The highest BCUT2D eigenvalue weighted by Crippen LogP contribution is 2.29. The number of sulfonamides is 1. The minimum atomic E-state index is -3.79. The molecule has 26 heavy (non-hydrogen) atoms. The smallest absolute Gasteiger partial charge is 0.273 e. The predicted octanol–water partition coefficient (Wildman–Crippen LogP) is 1.25. The lowest BCUT2D eigenvalue weighted by molar-refractivity contribution is -0.113. The molecule has 1 aliphatic rings. The quantitative estimate of drug-likeness (QED) is 0.628. The van der Waals surface area contributed by atoms with Crippen molar-refractivity contribution in [2.24, 2.45) is 0 Å². The summed E-state index contributed by atoms with van der Waals surface area (Å²) >= 11 is 6.33. The number of aryl methyl sites for hydroxylation is 1. The maximum atomic E-state index is 12.7. The van der Waals surface area contributed by atoms with E-state index < -0.39 is 15.9 Å². The van der Waals surface area contributed by atoms with Crippen molar-refractivity contribution in [3.8, 4) is 0 Å². The highest BCUT2D eigenvalue weighted by Gasteiger charge is 2.23. The summed E-state index contributed by atoms with van der Waals surface area (Å²) in [7, 11) is -3.79. The third-order valence-corrected chi connectivity index (χ3v) is 7.02. The second-order valence-electron chi connectivity index (χ2n) is 5.59. The molecule has 11 heteroatoms. The van der Waals surface area contributed by atoms with Crippen molar-refractivity contribution < 1.29 is 18.7 Å². The summed E-state index contributed by atoms with van der Waals surface area (Å²) in [6, 6.07) is 5.53. The first-order valence-corrected chi connectivity index (χ1v) is 10.4. The molecule has 5 N–H and O–H groups in total. The Morgan fingerprint density at radius 2 is 2.15 bits per heavy atom. The number of nitrogens with one attached hydrogen (secondary N) is 3. The lowest BCUT2D eigenvalue weighted by Crippen LogP contribution is -2.23. The van der Waals surface area contributed by atoms with Crippen molar-refractivity contribution in [1.29, 1.82) is 0 Å². The van der Waals surface area contributed by atoms with Crippen LogP contribution in [-0.2, 0) is 27.8 Å². The van der Waals surface area contributed by atoms with Crippen molar-refractivity contribution in [2.75, 3.05) is 22.5 Å². The zero-order valence-electron chi connectivity index (χ0n) is 13.9. The molecule has 1 aromatic carbocycles. The Morgan fingerprint density at radius 3 is 2.88 bits per heavy atom. The number of fused-ring (bicyclic) bond motifs is 1. The molecule has 0 radical (unpaired) electrons. The van der Waals surface area contributed by atoms with Crippen LogP contribution in [0.2, 0.25) is 0 Å². The highest BCUT2D eigenvalue weighted by molar-refractivity contribution is 7.94. The van der Waals surface area contributed by atoms with Crippen LogP contribution >= 0.6 is 22.9 Å². The number of aromatic nitrogens is 1. The van der Waals surface area contributed by atoms with Gasteiger partial charge < -0.3 is 16.1 Å². The number of amides is 1. The SMILES string of the molecule is Cc1nc(NC(=O)CCl)sc1S(=O)(=O)Nc1ccc2c(c1)CCNC2.O. The Labute approximate surface area is 160 Å². The summed E-state index contributed by atoms with van der Waals surface area (Å²) < 4.78 is 28.0. The van der Waals surface area contributed by atoms with Crippen LogP contribution in [0, 0.1) is 6.92 Å². The number of hydrogen-bond donors (Lipinski definition) is 3. The standard InChI is InChI=1S/C15H17ClN4O3S2.H2O/c1-9-14(24-15(18-9)19-13(21)7-16)25(22,23)20-12-3-2-11-8-17-5-4-10(11)6-12;/h2-3,6,17,20H,4-5,7-8H2,1H3,(H,18,19,21);1H2. The average molecular weight is 419 g/mol. The van der Waals surface area contributed by atoms with E-state index in [0.29, 0.717) is 11.4 Å². The Hall–Kier alpha value is -1.72. The number of alkyl halides is 1. The summed E-state index contributed by atoms with van der Waals surface area (Å²) in [6.07, 6.45) is 0.860. The minimum Gasteiger partial charge on any atom is -0.412 e. The molecule has 0 aliphatic carbocycles. The number of hydrogen-bond acceptors (Lipinski definition) is 6. The summed E-state index contributed by atoms with van der Waals surface area (Å²) in [5.41, 5.74) is 3.15. The number of thiazole rings is 1. The monoisotopic (exact) mass is 418 g/mol. The van der Waals surface area contributed by atoms with Gasteiger partial charge in [0.05, 0.1) is 5.69 Å². The fourth-order valence-corrected chi connectivity index (χ4v) is 5.13. The molecule has 0 atom stereocenters. The van der Waals surface area contributed by atoms with Gasteiger partial charge in [-0.2, -0.15) is 0 Å². The van der Waals surface area contributed by atoms with Crippen LogP contribution in [0.5, 0.6) is 0 Å². The van der Waals surface area contributed by atoms with Crippen LogP contribution < -0.4 is 15.4 Å². The van der Waals surface area contributed by atoms with Gasteiger partial charge in [-0.1, -0.05) is 17.4 Å². The molecule has 142 valence electrons. The molecule has 1 aromatic heterocycles. The molecular weight excluding hydrogens is 400 g/mol. The normalized spacial score (nSPS) is 13.5. The summed E-state index contributed by atoms with van der Waals surface area (Å²) in [4.78, 5) is 15.4. The molecule has 0 spiro atoms. The van der Waals surface area contributed by atoms with Crippen LogP contribution in [0.4, 0.5) is 10.8 Å². The second-order valence-corrected chi connectivity index (χ2v) is 8.73. The molecule has 0 saturated heterocycles. The molecule has 0 bridgehead atoms. The summed E-state index contributed by atoms with van der Waals surface area (Å²) in [6.45, 7) is 3.25. The molecule has 0 fully saturated rings. The molecule has 1 amide bonds. The molecular formula is C15H19ClN4O4S2. The van der Waals surface area contributed by atoms with Gasteiger partial charge in [0, 0.05) is 12.2 Å². The molecule has 2 heterocycles. The molecule has 3 rings (SSSR count). The number of benzene rings is 1. The van der Waals surface area contributed by atoms with E-state index in [-0.39, 0.29) is 20.7 Å². The van der Waals surface area contributed by atoms with Crippen LogP contribution in [-0.4, -0.2) is 37.2 Å². The maximum absolute atomic E-state index is 12.7. The number of halogens is 1. The third-order valence-electron chi connectivity index (χ3n) is 3.71. The zero-order valence-corrected chi connectivity index (χ0v) is 16.3. The van der Waals surface area contributed by atoms with Crippen molar-refractivity contribution in [3.63, 3.8) is 0 Å². The first-order chi connectivity index (χ1) is 11.9. The fourth-order valence-electron chi connectivity index (χ4n) is 2.58. The number of carbonyl (C=O) groups is 1. The summed E-state index contributed by atoms with van der Waals surface area (Å²) in [5.74, 6) is -0.654. The fraction of sp³-hybridized carbons (Fsp3) is 0.333. The van der Waals surface area contributed by atoms with Gasteiger partial charge in [-0.25, -0.2) is 13.4 Å². The first kappa shape index (κ1) is 20.6. The van der Waals surface area contributed by atoms with E-state index in [1.807, 2.05) is 12.1 Å². The minimum absolute atomic E-state index is 0. The van der Waals surface area contributed by atoms with Gasteiger partial charge in [0.1, 0.15) is 5.88 Å². The Morgan fingerprint density at radius 1 is 1.38 bits per heavy atom. The maximum Gasteiger partial charge on any atom is 0.273 e. The number of rotatable bonds is 5. The van der Waals surface area contributed by atoms with Crippen LogP contribution in [0.15, 0.2) is 22.4 Å². The second kappa shape index (κ2) is 8.31. The van der Waals surface area contributed by atoms with E-state index in [1.165, 1.54) is 5.56 Å². The van der Waals surface area contributed by atoms with Gasteiger partial charge in [0.15, 0.2) is 9.34 Å². The zero-order chi connectivity index (χ0) is 18.0. The van der Waals surface area contributed by atoms with Gasteiger partial charge in [0.25, 0.3) is 10.0 Å². The van der Waals surface area contributed by atoms with Gasteiger partial charge in [-0.05, 0) is 43.1 Å². The van der Waals surface area contributed by atoms with Crippen molar-refractivity contribution in [2.45, 2.75) is 24.1 Å².